The molecule has 0 spiro atoms. The van der Waals surface area contributed by atoms with Gasteiger partial charge in [-0.2, -0.15) is 0 Å². The summed E-state index contributed by atoms with van der Waals surface area (Å²) in [6.45, 7) is 0.147. The molecule has 3 N–H and O–H groups in total. The number of carbonyl (C=O) groups excluding carboxylic acids is 1. The molecule has 1 heterocycles. The van der Waals surface area contributed by atoms with Gasteiger partial charge in [0.1, 0.15) is 0 Å². The maximum Gasteiger partial charge on any atom is 0.248 e. The van der Waals surface area contributed by atoms with E-state index in [0.717, 1.165) is 5.56 Å². The number of rotatable bonds is 5. The lowest BCUT2D eigenvalue weighted by Gasteiger charge is -2.07. The van der Waals surface area contributed by atoms with Gasteiger partial charge in [-0.1, -0.05) is 6.07 Å². The minimum Gasteiger partial charge on any atom is -0.366 e. The van der Waals surface area contributed by atoms with Crippen molar-refractivity contribution in [2.24, 2.45) is 5.73 Å². The van der Waals surface area contributed by atoms with Gasteiger partial charge in [-0.15, -0.1) is 0 Å². The van der Waals surface area contributed by atoms with E-state index >= 15 is 0 Å². The van der Waals surface area contributed by atoms with Gasteiger partial charge in [0.05, 0.1) is 4.90 Å². The number of nitrogens with one attached hydrogen (secondary N) is 1. The summed E-state index contributed by atoms with van der Waals surface area (Å²) in [6, 6.07) is 8.93. The number of hydrogen-bond acceptors (Lipinski definition) is 4. The first kappa shape index (κ1) is 14.2. The van der Waals surface area contributed by atoms with Crippen molar-refractivity contribution in [1.82, 2.24) is 9.71 Å². The number of sulfonamides is 1. The summed E-state index contributed by atoms with van der Waals surface area (Å²) < 4.78 is 26.5. The number of amides is 1. The number of hydrogen-bond donors (Lipinski definition) is 2. The zero-order chi connectivity index (χ0) is 14.6. The van der Waals surface area contributed by atoms with E-state index in [-0.39, 0.29) is 17.0 Å². The van der Waals surface area contributed by atoms with Gasteiger partial charge >= 0.3 is 0 Å². The van der Waals surface area contributed by atoms with Crippen molar-refractivity contribution in [3.05, 3.63) is 59.9 Å². The molecule has 104 valence electrons. The van der Waals surface area contributed by atoms with Crippen LogP contribution in [0.25, 0.3) is 0 Å². The number of primary amides is 1. The molecule has 0 saturated carbocycles. The van der Waals surface area contributed by atoms with Crippen LogP contribution in [0.2, 0.25) is 0 Å². The van der Waals surface area contributed by atoms with E-state index in [9.17, 15) is 13.2 Å². The molecule has 0 bridgehead atoms. The standard InChI is InChI=1S/C13H13N3O3S/c14-13(17)11-3-5-12(6-4-11)20(18,19)16-9-10-2-1-7-15-8-10/h1-8,16H,9H2,(H2,14,17). The second-order valence-electron chi connectivity index (χ2n) is 4.07. The SMILES string of the molecule is NC(=O)c1ccc(S(=O)(=O)NCc2cccnc2)cc1. The highest BCUT2D eigenvalue weighted by Crippen LogP contribution is 2.11. The Morgan fingerprint density at radius 3 is 2.45 bits per heavy atom. The zero-order valence-corrected chi connectivity index (χ0v) is 11.3. The fraction of sp³-hybridized carbons (Fsp3) is 0.0769. The third-order valence-corrected chi connectivity index (χ3v) is 4.06. The van der Waals surface area contributed by atoms with Crippen LogP contribution >= 0.6 is 0 Å². The number of pyridine rings is 1. The number of nitrogens with two attached hydrogens (primary N) is 1. The summed E-state index contributed by atoms with van der Waals surface area (Å²) >= 11 is 0. The third-order valence-electron chi connectivity index (χ3n) is 2.64. The Labute approximate surface area is 116 Å². The Kier molecular flexibility index (Phi) is 4.11. The van der Waals surface area contributed by atoms with Gasteiger partial charge in [0.15, 0.2) is 0 Å². The van der Waals surface area contributed by atoms with Crippen molar-refractivity contribution >= 4 is 15.9 Å². The molecule has 0 saturated heterocycles. The molecule has 7 heteroatoms. The van der Waals surface area contributed by atoms with Crippen molar-refractivity contribution in [2.75, 3.05) is 0 Å². The Bertz CT molecular complexity index is 697. The molecule has 0 aliphatic rings. The van der Waals surface area contributed by atoms with Crippen molar-refractivity contribution in [1.29, 1.82) is 0 Å². The molecule has 0 fully saturated rings. The van der Waals surface area contributed by atoms with E-state index in [4.69, 9.17) is 5.73 Å². The lowest BCUT2D eigenvalue weighted by molar-refractivity contribution is 0.1000. The van der Waals surface area contributed by atoms with Crippen molar-refractivity contribution in [3.63, 3.8) is 0 Å². The largest absolute Gasteiger partial charge is 0.366 e. The van der Waals surface area contributed by atoms with Crippen LogP contribution in [0.5, 0.6) is 0 Å². The van der Waals surface area contributed by atoms with E-state index < -0.39 is 15.9 Å². The summed E-state index contributed by atoms with van der Waals surface area (Å²) in [6.07, 6.45) is 3.19. The molecule has 2 rings (SSSR count). The zero-order valence-electron chi connectivity index (χ0n) is 10.5. The van der Waals surface area contributed by atoms with Gasteiger partial charge in [0, 0.05) is 24.5 Å². The first-order valence-electron chi connectivity index (χ1n) is 5.77. The van der Waals surface area contributed by atoms with E-state index in [1.807, 2.05) is 0 Å². The Hall–Kier alpha value is -2.25. The minimum absolute atomic E-state index is 0.0754. The van der Waals surface area contributed by atoms with Gasteiger partial charge in [0.2, 0.25) is 15.9 Å². The van der Waals surface area contributed by atoms with Crippen LogP contribution in [0.3, 0.4) is 0 Å². The minimum atomic E-state index is -3.63. The molecule has 0 aliphatic carbocycles. The van der Waals surface area contributed by atoms with Crippen LogP contribution in [0.4, 0.5) is 0 Å². The van der Waals surface area contributed by atoms with Crippen LogP contribution < -0.4 is 10.5 Å². The Morgan fingerprint density at radius 2 is 1.90 bits per heavy atom. The van der Waals surface area contributed by atoms with Gasteiger partial charge in [-0.05, 0) is 35.9 Å². The quantitative estimate of drug-likeness (QED) is 0.844. The van der Waals surface area contributed by atoms with Crippen molar-refractivity contribution in [2.45, 2.75) is 11.4 Å². The average Bonchev–Trinajstić information content (AvgIpc) is 2.46. The van der Waals surface area contributed by atoms with Gasteiger partial charge in [-0.3, -0.25) is 9.78 Å². The van der Waals surface area contributed by atoms with E-state index in [1.165, 1.54) is 24.3 Å². The van der Waals surface area contributed by atoms with E-state index in [1.54, 1.807) is 24.5 Å². The molecule has 1 aromatic carbocycles. The first-order chi connectivity index (χ1) is 9.49. The van der Waals surface area contributed by atoms with Gasteiger partial charge in [-0.25, -0.2) is 13.1 Å². The monoisotopic (exact) mass is 291 g/mol. The number of carbonyl (C=O) groups is 1. The summed E-state index contributed by atoms with van der Waals surface area (Å²) in [4.78, 5) is 14.9. The average molecular weight is 291 g/mol. The molecule has 1 amide bonds. The molecule has 20 heavy (non-hydrogen) atoms. The second kappa shape index (κ2) is 5.81. The molecule has 1 aromatic heterocycles. The predicted octanol–water partition coefficient (Wildman–Crippen LogP) is 0.659. The van der Waals surface area contributed by atoms with Crippen LogP contribution in [-0.4, -0.2) is 19.3 Å². The third kappa shape index (κ3) is 3.40. The molecule has 6 nitrogen and oxygen atoms in total. The fourth-order valence-electron chi connectivity index (χ4n) is 1.56. The Balaban J connectivity index is 2.12. The lowest BCUT2D eigenvalue weighted by Crippen LogP contribution is -2.23. The van der Waals surface area contributed by atoms with Gasteiger partial charge < -0.3 is 5.73 Å². The van der Waals surface area contributed by atoms with Crippen LogP contribution in [0, 0.1) is 0 Å². The fourth-order valence-corrected chi connectivity index (χ4v) is 2.58. The lowest BCUT2D eigenvalue weighted by atomic mass is 10.2. The highest BCUT2D eigenvalue weighted by Gasteiger charge is 2.14. The van der Waals surface area contributed by atoms with Crippen molar-refractivity contribution < 1.29 is 13.2 Å². The summed E-state index contributed by atoms with van der Waals surface area (Å²) in [5.41, 5.74) is 6.11. The Morgan fingerprint density at radius 1 is 1.20 bits per heavy atom. The van der Waals surface area contributed by atoms with E-state index in [0.29, 0.717) is 0 Å². The predicted molar refractivity (Wildman–Crippen MR) is 73.2 cm³/mol. The highest BCUT2D eigenvalue weighted by atomic mass is 32.2. The summed E-state index contributed by atoms with van der Waals surface area (Å²) in [7, 11) is -3.63. The normalized spacial score (nSPS) is 11.2. The molecular formula is C13H13N3O3S. The maximum atomic E-state index is 12.0. The smallest absolute Gasteiger partial charge is 0.248 e. The van der Waals surface area contributed by atoms with Crippen LogP contribution in [0.1, 0.15) is 15.9 Å². The highest BCUT2D eigenvalue weighted by molar-refractivity contribution is 7.89. The van der Waals surface area contributed by atoms with Crippen LogP contribution in [-0.2, 0) is 16.6 Å². The summed E-state index contributed by atoms with van der Waals surface area (Å²) in [5, 5.41) is 0. The first-order valence-corrected chi connectivity index (χ1v) is 7.26. The number of nitrogens with zero attached hydrogens (tertiary/aromatic N) is 1. The maximum absolute atomic E-state index is 12.0. The van der Waals surface area contributed by atoms with Crippen molar-refractivity contribution in [3.8, 4) is 0 Å². The molecule has 2 aromatic rings. The molecule has 0 atom stereocenters. The molecule has 0 aliphatic heterocycles. The second-order valence-corrected chi connectivity index (χ2v) is 5.84. The topological polar surface area (TPSA) is 102 Å². The van der Waals surface area contributed by atoms with Gasteiger partial charge in [0.25, 0.3) is 0 Å². The molecule has 0 unspecified atom stereocenters. The van der Waals surface area contributed by atoms with Crippen LogP contribution in [0.15, 0.2) is 53.7 Å². The van der Waals surface area contributed by atoms with E-state index in [2.05, 4.69) is 9.71 Å². The number of aromatic nitrogens is 1. The summed E-state index contributed by atoms with van der Waals surface area (Å²) in [5.74, 6) is -0.600. The molecular weight excluding hydrogens is 278 g/mol. The number of benzene rings is 1. The molecule has 0 radical (unpaired) electrons.